The summed E-state index contributed by atoms with van der Waals surface area (Å²) in [6.45, 7) is 4.97. The first kappa shape index (κ1) is 18.3. The van der Waals surface area contributed by atoms with E-state index in [1.807, 2.05) is 12.3 Å². The van der Waals surface area contributed by atoms with Gasteiger partial charge in [0.25, 0.3) is 0 Å². The minimum Gasteiger partial charge on any atom is -0.365 e. The van der Waals surface area contributed by atoms with Crippen molar-refractivity contribution in [2.45, 2.75) is 25.8 Å². The van der Waals surface area contributed by atoms with E-state index in [1.165, 1.54) is 5.56 Å². The van der Waals surface area contributed by atoms with Gasteiger partial charge < -0.3 is 15.5 Å². The van der Waals surface area contributed by atoms with Crippen molar-refractivity contribution in [3.05, 3.63) is 75.5 Å². The predicted octanol–water partition coefficient (Wildman–Crippen LogP) is 2.07. The van der Waals surface area contributed by atoms with E-state index in [2.05, 4.69) is 65.1 Å². The number of thiazole rings is 1. The van der Waals surface area contributed by atoms with Gasteiger partial charge in [0.2, 0.25) is 0 Å². The second kappa shape index (κ2) is 7.97. The molecule has 0 bridgehead atoms. The van der Waals surface area contributed by atoms with Crippen molar-refractivity contribution in [1.29, 1.82) is 0 Å². The van der Waals surface area contributed by atoms with Crippen molar-refractivity contribution in [3.8, 4) is 0 Å². The highest BCUT2D eigenvalue weighted by atomic mass is 32.1. The van der Waals surface area contributed by atoms with Crippen LogP contribution in [0, 0.1) is 6.92 Å². The molecule has 1 atom stereocenters. The first-order chi connectivity index (χ1) is 14.3. The summed E-state index contributed by atoms with van der Waals surface area (Å²) in [5.41, 5.74) is 3.59. The Bertz CT molecular complexity index is 1120. The Morgan fingerprint density at radius 3 is 2.97 bits per heavy atom. The lowest BCUT2D eigenvalue weighted by Gasteiger charge is -2.36. The number of piperazine rings is 1. The molecule has 0 aliphatic carbocycles. The highest BCUT2D eigenvalue weighted by Gasteiger charge is 2.27. The molecule has 0 spiro atoms. The van der Waals surface area contributed by atoms with E-state index in [9.17, 15) is 0 Å². The van der Waals surface area contributed by atoms with Gasteiger partial charge in [-0.2, -0.15) is 0 Å². The lowest BCUT2D eigenvalue weighted by atomic mass is 10.0. The number of rotatable bonds is 4. The topological polar surface area (TPSA) is 53.1 Å². The first-order valence-electron chi connectivity index (χ1n) is 10.2. The summed E-state index contributed by atoms with van der Waals surface area (Å²) in [7, 11) is 0. The fraction of sp³-hybridized carbons (Fsp3) is 0.304. The Balaban J connectivity index is 1.47. The van der Waals surface area contributed by atoms with Crippen LogP contribution in [0.3, 0.4) is 0 Å². The molecule has 1 saturated heterocycles. The second-order valence-electron chi connectivity index (χ2n) is 7.61. The van der Waals surface area contributed by atoms with Crippen LogP contribution in [-0.2, 0) is 6.42 Å². The maximum absolute atomic E-state index is 4.88. The van der Waals surface area contributed by atoms with Crippen LogP contribution in [-0.4, -0.2) is 40.5 Å². The highest BCUT2D eigenvalue weighted by molar-refractivity contribution is 7.16. The largest absolute Gasteiger partial charge is 0.365 e. The number of nitrogens with zero attached hydrogens (tertiary/aromatic N) is 3. The van der Waals surface area contributed by atoms with Gasteiger partial charge in [-0.1, -0.05) is 30.3 Å². The quantitative estimate of drug-likeness (QED) is 0.699. The van der Waals surface area contributed by atoms with Gasteiger partial charge in [0.05, 0.1) is 16.1 Å². The molecule has 1 aromatic carbocycles. The SMILES string of the molecule is Cc1nc2c(s1)NC=c1cccnc1=C2N1CCNC(CCc2ccccc2)C1. The summed E-state index contributed by atoms with van der Waals surface area (Å²) in [6, 6.07) is 15.3. The molecule has 0 radical (unpaired) electrons. The van der Waals surface area contributed by atoms with E-state index in [0.29, 0.717) is 6.04 Å². The van der Waals surface area contributed by atoms with Gasteiger partial charge in [-0.25, -0.2) is 4.98 Å². The third-order valence-electron chi connectivity index (χ3n) is 5.58. The number of aryl methyl sites for hydroxylation is 2. The van der Waals surface area contributed by atoms with Gasteiger partial charge in [-0.15, -0.1) is 11.3 Å². The molecular weight excluding hydrogens is 378 g/mol. The summed E-state index contributed by atoms with van der Waals surface area (Å²) in [5.74, 6) is 0. The average Bonchev–Trinajstić information content (AvgIpc) is 3.05. The van der Waals surface area contributed by atoms with Crippen LogP contribution >= 0.6 is 11.3 Å². The summed E-state index contributed by atoms with van der Waals surface area (Å²) in [5, 5.41) is 11.5. The van der Waals surface area contributed by atoms with Gasteiger partial charge in [0.15, 0.2) is 0 Å². The standard InChI is InChI=1S/C23H25N5S/c1-16-27-21-22(20-18(8-5-11-25-20)14-26-23(21)29-16)28-13-12-24-19(15-28)10-9-17-6-3-2-4-7-17/h2-8,11,14,19,24,26H,9-10,12-13,15H2,1H3. The Morgan fingerprint density at radius 2 is 2.07 bits per heavy atom. The van der Waals surface area contributed by atoms with Gasteiger partial charge in [0, 0.05) is 43.3 Å². The summed E-state index contributed by atoms with van der Waals surface area (Å²) < 4.78 is 0. The van der Waals surface area contributed by atoms with Crippen LogP contribution in [0.25, 0.3) is 11.9 Å². The number of anilines is 1. The zero-order valence-electron chi connectivity index (χ0n) is 16.6. The molecule has 6 heteroatoms. The number of nitrogens with one attached hydrogen (secondary N) is 2. The Morgan fingerprint density at radius 1 is 1.17 bits per heavy atom. The number of hydrogen-bond donors (Lipinski definition) is 2. The van der Waals surface area contributed by atoms with Crippen molar-refractivity contribution in [2.24, 2.45) is 0 Å². The van der Waals surface area contributed by atoms with Gasteiger partial charge in [-0.3, -0.25) is 4.98 Å². The van der Waals surface area contributed by atoms with Gasteiger partial charge in [0.1, 0.15) is 10.7 Å². The molecule has 0 saturated carbocycles. The molecule has 5 rings (SSSR count). The number of benzene rings is 1. The van der Waals surface area contributed by atoms with Crippen LogP contribution in [0.1, 0.15) is 22.7 Å². The molecule has 2 aromatic heterocycles. The lowest BCUT2D eigenvalue weighted by Crippen LogP contribution is -2.52. The Kier molecular flexibility index (Phi) is 5.04. The molecule has 5 nitrogen and oxygen atoms in total. The van der Waals surface area contributed by atoms with Crippen molar-refractivity contribution >= 4 is 28.2 Å². The van der Waals surface area contributed by atoms with E-state index in [-0.39, 0.29) is 0 Å². The van der Waals surface area contributed by atoms with E-state index in [4.69, 9.17) is 9.97 Å². The average molecular weight is 404 g/mol. The maximum Gasteiger partial charge on any atom is 0.124 e. The monoisotopic (exact) mass is 403 g/mol. The number of aromatic nitrogens is 2. The Labute approximate surface area is 174 Å². The predicted molar refractivity (Wildman–Crippen MR) is 119 cm³/mol. The van der Waals surface area contributed by atoms with Crippen molar-refractivity contribution in [3.63, 3.8) is 0 Å². The number of hydrogen-bond acceptors (Lipinski definition) is 6. The Hall–Kier alpha value is -2.70. The van der Waals surface area contributed by atoms with Crippen molar-refractivity contribution < 1.29 is 0 Å². The molecule has 148 valence electrons. The highest BCUT2D eigenvalue weighted by Crippen LogP contribution is 2.31. The normalized spacial score (nSPS) is 18.3. The van der Waals surface area contributed by atoms with Crippen LogP contribution in [0.2, 0.25) is 0 Å². The third-order valence-corrected chi connectivity index (χ3v) is 6.48. The molecule has 2 aliphatic rings. The minimum atomic E-state index is 0.451. The van der Waals surface area contributed by atoms with Crippen LogP contribution in [0.15, 0.2) is 48.7 Å². The van der Waals surface area contributed by atoms with Crippen LogP contribution in [0.4, 0.5) is 5.00 Å². The van der Waals surface area contributed by atoms with E-state index >= 15 is 0 Å². The number of pyridine rings is 1. The molecule has 2 aliphatic heterocycles. The maximum atomic E-state index is 4.88. The van der Waals surface area contributed by atoms with Crippen LogP contribution < -0.4 is 21.2 Å². The molecule has 1 unspecified atom stereocenters. The van der Waals surface area contributed by atoms with Crippen LogP contribution in [0.5, 0.6) is 0 Å². The summed E-state index contributed by atoms with van der Waals surface area (Å²) in [4.78, 5) is 12.1. The smallest absolute Gasteiger partial charge is 0.124 e. The molecule has 1 fully saturated rings. The first-order valence-corrected chi connectivity index (χ1v) is 11.0. The van der Waals surface area contributed by atoms with E-state index in [1.54, 1.807) is 11.3 Å². The van der Waals surface area contributed by atoms with Gasteiger partial charge in [-0.05, 0) is 37.5 Å². The molecule has 2 N–H and O–H groups in total. The zero-order chi connectivity index (χ0) is 19.6. The number of fused-ring (bicyclic) bond motifs is 2. The summed E-state index contributed by atoms with van der Waals surface area (Å²) in [6.07, 6.45) is 6.15. The van der Waals surface area contributed by atoms with Crippen molar-refractivity contribution in [1.82, 2.24) is 20.2 Å². The van der Waals surface area contributed by atoms with E-state index in [0.717, 1.165) is 64.4 Å². The van der Waals surface area contributed by atoms with Gasteiger partial charge >= 0.3 is 0 Å². The molecular formula is C23H25N5S. The second-order valence-corrected chi connectivity index (χ2v) is 8.81. The summed E-state index contributed by atoms with van der Waals surface area (Å²) >= 11 is 1.71. The third kappa shape index (κ3) is 3.78. The zero-order valence-corrected chi connectivity index (χ0v) is 17.4. The lowest BCUT2D eigenvalue weighted by molar-refractivity contribution is 0.268. The molecule has 29 heavy (non-hydrogen) atoms. The fourth-order valence-electron chi connectivity index (χ4n) is 4.18. The molecule has 3 aromatic rings. The molecule has 4 heterocycles. The fourth-order valence-corrected chi connectivity index (χ4v) is 4.97. The van der Waals surface area contributed by atoms with Crippen molar-refractivity contribution in [2.75, 3.05) is 25.0 Å². The molecule has 0 amide bonds. The van der Waals surface area contributed by atoms with E-state index < -0.39 is 0 Å². The minimum absolute atomic E-state index is 0.451.